The van der Waals surface area contributed by atoms with E-state index in [1.54, 1.807) is 16.4 Å². The van der Waals surface area contributed by atoms with Gasteiger partial charge >= 0.3 is 0 Å². The van der Waals surface area contributed by atoms with Crippen LogP contribution >= 0.6 is 0 Å². The van der Waals surface area contributed by atoms with E-state index < -0.39 is 10.0 Å². The molecule has 0 aromatic heterocycles. The maximum absolute atomic E-state index is 13.4. The minimum atomic E-state index is -3.54. The summed E-state index contributed by atoms with van der Waals surface area (Å²) in [6.07, 6.45) is 5.14. The van der Waals surface area contributed by atoms with Crippen molar-refractivity contribution in [2.24, 2.45) is 0 Å². The molecule has 5 rings (SSSR count). The van der Waals surface area contributed by atoms with Crippen LogP contribution < -0.4 is 9.47 Å². The van der Waals surface area contributed by atoms with E-state index in [1.807, 2.05) is 37.3 Å². The van der Waals surface area contributed by atoms with E-state index in [1.165, 1.54) is 5.57 Å². The predicted octanol–water partition coefficient (Wildman–Crippen LogP) is 3.99. The summed E-state index contributed by atoms with van der Waals surface area (Å²) in [5.74, 6) is 1.55. The van der Waals surface area contributed by atoms with E-state index in [9.17, 15) is 8.42 Å². The molecule has 0 bridgehead atoms. The standard InChI is InChI=1S/C22H23NO4S/c1-15-6-9-17(10-7-15)28(24,25)23-13-19(18-4-2-3-5-20(18)23)16-8-11-21-22(12-16)27-14-26-21/h4,6-12,19-20H,2-3,5,13-14H2,1H3/t19-,20-/m1/s1. The summed E-state index contributed by atoms with van der Waals surface area (Å²) in [7, 11) is -3.54. The van der Waals surface area contributed by atoms with Gasteiger partial charge in [0.1, 0.15) is 0 Å². The number of benzene rings is 2. The highest BCUT2D eigenvalue weighted by molar-refractivity contribution is 7.89. The number of sulfonamides is 1. The minimum absolute atomic E-state index is 0.0556. The molecule has 1 aliphatic carbocycles. The molecule has 6 heteroatoms. The minimum Gasteiger partial charge on any atom is -0.454 e. The molecule has 1 fully saturated rings. The zero-order valence-corrected chi connectivity index (χ0v) is 16.6. The molecule has 0 radical (unpaired) electrons. The molecule has 2 heterocycles. The number of ether oxygens (including phenoxy) is 2. The van der Waals surface area contributed by atoms with Gasteiger partial charge in [-0.1, -0.05) is 29.8 Å². The molecule has 146 valence electrons. The fourth-order valence-corrected chi connectivity index (χ4v) is 6.18. The van der Waals surface area contributed by atoms with Crippen LogP contribution in [0.4, 0.5) is 0 Å². The highest BCUT2D eigenvalue weighted by Gasteiger charge is 2.44. The highest BCUT2D eigenvalue weighted by Crippen LogP contribution is 2.45. The second kappa shape index (κ2) is 6.64. The van der Waals surface area contributed by atoms with Crippen LogP contribution in [0.2, 0.25) is 0 Å². The summed E-state index contributed by atoms with van der Waals surface area (Å²) in [6.45, 7) is 2.67. The number of rotatable bonds is 3. The summed E-state index contributed by atoms with van der Waals surface area (Å²) >= 11 is 0. The first kappa shape index (κ1) is 17.8. The summed E-state index contributed by atoms with van der Waals surface area (Å²) in [4.78, 5) is 0.370. The lowest BCUT2D eigenvalue weighted by Crippen LogP contribution is -2.36. The molecule has 0 saturated carbocycles. The lowest BCUT2D eigenvalue weighted by Gasteiger charge is -2.26. The van der Waals surface area contributed by atoms with Crippen molar-refractivity contribution < 1.29 is 17.9 Å². The van der Waals surface area contributed by atoms with Crippen LogP contribution in [0.5, 0.6) is 11.5 Å². The average Bonchev–Trinajstić information content (AvgIpc) is 3.32. The molecule has 0 N–H and O–H groups in total. The van der Waals surface area contributed by atoms with Crippen molar-refractivity contribution in [1.29, 1.82) is 0 Å². The van der Waals surface area contributed by atoms with Gasteiger partial charge < -0.3 is 9.47 Å². The third kappa shape index (κ3) is 2.83. The van der Waals surface area contributed by atoms with Gasteiger partial charge in [-0.25, -0.2) is 8.42 Å². The molecule has 2 aliphatic heterocycles. The second-order valence-corrected chi connectivity index (χ2v) is 9.59. The van der Waals surface area contributed by atoms with Crippen LogP contribution in [0.15, 0.2) is 59.0 Å². The van der Waals surface area contributed by atoms with Crippen molar-refractivity contribution in [3.8, 4) is 11.5 Å². The normalized spacial score (nSPS) is 24.1. The predicted molar refractivity (Wildman–Crippen MR) is 106 cm³/mol. The van der Waals surface area contributed by atoms with Crippen molar-refractivity contribution >= 4 is 10.0 Å². The van der Waals surface area contributed by atoms with E-state index in [4.69, 9.17) is 9.47 Å². The molecule has 0 spiro atoms. The first-order chi connectivity index (χ1) is 13.5. The number of allylic oxidation sites excluding steroid dienone is 1. The number of hydrogen-bond acceptors (Lipinski definition) is 4. The van der Waals surface area contributed by atoms with E-state index in [0.29, 0.717) is 11.4 Å². The topological polar surface area (TPSA) is 55.8 Å². The van der Waals surface area contributed by atoms with Crippen LogP contribution in [-0.4, -0.2) is 32.1 Å². The van der Waals surface area contributed by atoms with Gasteiger partial charge in [-0.2, -0.15) is 4.31 Å². The largest absolute Gasteiger partial charge is 0.454 e. The van der Waals surface area contributed by atoms with Gasteiger partial charge in [0, 0.05) is 18.5 Å². The first-order valence-corrected chi connectivity index (χ1v) is 11.2. The van der Waals surface area contributed by atoms with Gasteiger partial charge in [-0.15, -0.1) is 0 Å². The Bertz CT molecular complexity index is 1040. The summed E-state index contributed by atoms with van der Waals surface area (Å²) in [5, 5.41) is 0. The molecule has 0 unspecified atom stereocenters. The quantitative estimate of drug-likeness (QED) is 0.735. The van der Waals surface area contributed by atoms with Crippen LogP contribution in [0, 0.1) is 6.92 Å². The van der Waals surface area contributed by atoms with Gasteiger partial charge in [0.15, 0.2) is 11.5 Å². The van der Waals surface area contributed by atoms with Crippen LogP contribution in [0.3, 0.4) is 0 Å². The summed E-state index contributed by atoms with van der Waals surface area (Å²) in [5.41, 5.74) is 3.36. The van der Waals surface area contributed by atoms with E-state index in [-0.39, 0.29) is 18.8 Å². The number of aryl methyl sites for hydroxylation is 1. The van der Waals surface area contributed by atoms with E-state index >= 15 is 0 Å². The van der Waals surface area contributed by atoms with Gasteiger partial charge in [-0.05, 0) is 61.6 Å². The molecule has 2 aromatic rings. The molecular formula is C22H23NO4S. The lowest BCUT2D eigenvalue weighted by atomic mass is 9.85. The third-order valence-electron chi connectivity index (χ3n) is 5.99. The Balaban J connectivity index is 1.53. The molecule has 5 nitrogen and oxygen atoms in total. The zero-order valence-electron chi connectivity index (χ0n) is 15.8. The van der Waals surface area contributed by atoms with Crippen LogP contribution in [-0.2, 0) is 10.0 Å². The Morgan fingerprint density at radius 1 is 1.04 bits per heavy atom. The molecule has 2 atom stereocenters. The van der Waals surface area contributed by atoms with E-state index in [0.717, 1.165) is 41.9 Å². The lowest BCUT2D eigenvalue weighted by molar-refractivity contribution is 0.174. The van der Waals surface area contributed by atoms with Crippen molar-refractivity contribution in [3.63, 3.8) is 0 Å². The van der Waals surface area contributed by atoms with Crippen molar-refractivity contribution in [3.05, 3.63) is 65.2 Å². The first-order valence-electron chi connectivity index (χ1n) is 9.72. The van der Waals surface area contributed by atoms with Crippen molar-refractivity contribution in [2.45, 2.75) is 43.0 Å². The van der Waals surface area contributed by atoms with Gasteiger partial charge in [0.25, 0.3) is 0 Å². The highest BCUT2D eigenvalue weighted by atomic mass is 32.2. The average molecular weight is 397 g/mol. The molecule has 0 amide bonds. The number of nitrogens with zero attached hydrogens (tertiary/aromatic N) is 1. The number of fused-ring (bicyclic) bond motifs is 2. The Morgan fingerprint density at radius 2 is 1.82 bits per heavy atom. The molecule has 1 saturated heterocycles. The van der Waals surface area contributed by atoms with Gasteiger partial charge in [0.2, 0.25) is 16.8 Å². The Hall–Kier alpha value is -2.31. The van der Waals surface area contributed by atoms with Crippen LogP contribution in [0.25, 0.3) is 0 Å². The molecule has 28 heavy (non-hydrogen) atoms. The second-order valence-electron chi connectivity index (χ2n) is 7.70. The van der Waals surface area contributed by atoms with E-state index in [2.05, 4.69) is 6.08 Å². The fourth-order valence-electron chi connectivity index (χ4n) is 4.52. The monoisotopic (exact) mass is 397 g/mol. The molecular weight excluding hydrogens is 374 g/mol. The number of hydrogen-bond donors (Lipinski definition) is 0. The zero-order chi connectivity index (χ0) is 19.3. The SMILES string of the molecule is Cc1ccc(S(=O)(=O)N2C[C@H](c3ccc4c(c3)OCO4)C3=CCCC[C@H]32)cc1. The van der Waals surface area contributed by atoms with Crippen LogP contribution in [0.1, 0.15) is 36.3 Å². The smallest absolute Gasteiger partial charge is 0.243 e. The van der Waals surface area contributed by atoms with Crippen molar-refractivity contribution in [2.75, 3.05) is 13.3 Å². The third-order valence-corrected chi connectivity index (χ3v) is 7.87. The Kier molecular flexibility index (Phi) is 4.21. The Morgan fingerprint density at radius 3 is 2.64 bits per heavy atom. The summed E-state index contributed by atoms with van der Waals surface area (Å²) in [6, 6.07) is 13.0. The maximum Gasteiger partial charge on any atom is 0.243 e. The fraction of sp³-hybridized carbons (Fsp3) is 0.364. The molecule has 2 aromatic carbocycles. The molecule has 3 aliphatic rings. The Labute approximate surface area is 165 Å². The summed E-state index contributed by atoms with van der Waals surface area (Å²) < 4.78 is 39.5. The van der Waals surface area contributed by atoms with Crippen molar-refractivity contribution in [1.82, 2.24) is 4.31 Å². The van der Waals surface area contributed by atoms with Gasteiger partial charge in [-0.3, -0.25) is 0 Å². The maximum atomic E-state index is 13.4. The van der Waals surface area contributed by atoms with Gasteiger partial charge in [0.05, 0.1) is 4.90 Å².